The van der Waals surface area contributed by atoms with Gasteiger partial charge in [-0.2, -0.15) is 0 Å². The number of nitrogens with zero attached hydrogens (tertiary/aromatic N) is 1. The maximum atomic E-state index is 12.1. The topological polar surface area (TPSA) is 69.1 Å². The first-order chi connectivity index (χ1) is 12.5. The minimum Gasteiger partial charge on any atom is -0.497 e. The van der Waals surface area contributed by atoms with Gasteiger partial charge in [-0.25, -0.2) is 0 Å². The average molecular weight is 356 g/mol. The van der Waals surface area contributed by atoms with Gasteiger partial charge in [0.15, 0.2) is 6.61 Å². The van der Waals surface area contributed by atoms with Gasteiger partial charge in [-0.05, 0) is 35.7 Å². The summed E-state index contributed by atoms with van der Waals surface area (Å²) in [6.07, 6.45) is 1.48. The zero-order valence-electron chi connectivity index (χ0n) is 15.5. The molecule has 0 radical (unpaired) electrons. The standard InChI is InChI=1S/C20H24N2O4/c1-14(2)17-7-5-6-8-18(17)22-20(23)13-26-21-12-15-11-16(24-3)9-10-19(15)25-4/h5-12,14H,13H2,1-4H3,(H,22,23)/b21-12-. The van der Waals surface area contributed by atoms with Gasteiger partial charge in [0.25, 0.3) is 5.91 Å². The van der Waals surface area contributed by atoms with Crippen LogP contribution in [0.1, 0.15) is 30.9 Å². The number of carbonyl (C=O) groups excluding carboxylic acids is 1. The fourth-order valence-electron chi connectivity index (χ4n) is 2.43. The number of hydrogen-bond donors (Lipinski definition) is 1. The fraction of sp³-hybridized carbons (Fsp3) is 0.300. The summed E-state index contributed by atoms with van der Waals surface area (Å²) < 4.78 is 10.4. The lowest BCUT2D eigenvalue weighted by atomic mass is 10.0. The summed E-state index contributed by atoms with van der Waals surface area (Å²) in [4.78, 5) is 17.2. The van der Waals surface area contributed by atoms with E-state index in [2.05, 4.69) is 24.3 Å². The molecule has 0 saturated carbocycles. The van der Waals surface area contributed by atoms with Crippen molar-refractivity contribution in [2.75, 3.05) is 26.1 Å². The van der Waals surface area contributed by atoms with E-state index in [1.165, 1.54) is 6.21 Å². The molecule has 0 aliphatic rings. The second kappa shape index (κ2) is 9.46. The number of oxime groups is 1. The van der Waals surface area contributed by atoms with Crippen LogP contribution in [-0.4, -0.2) is 32.9 Å². The summed E-state index contributed by atoms with van der Waals surface area (Å²) >= 11 is 0. The number of carbonyl (C=O) groups is 1. The lowest BCUT2D eigenvalue weighted by Crippen LogP contribution is -2.18. The Labute approximate surface area is 153 Å². The maximum Gasteiger partial charge on any atom is 0.265 e. The van der Waals surface area contributed by atoms with E-state index in [4.69, 9.17) is 14.3 Å². The van der Waals surface area contributed by atoms with Gasteiger partial charge in [-0.3, -0.25) is 4.79 Å². The number of nitrogens with one attached hydrogen (secondary N) is 1. The van der Waals surface area contributed by atoms with Crippen LogP contribution in [0.25, 0.3) is 0 Å². The smallest absolute Gasteiger partial charge is 0.265 e. The summed E-state index contributed by atoms with van der Waals surface area (Å²) in [6, 6.07) is 13.0. The van der Waals surface area contributed by atoms with Gasteiger partial charge < -0.3 is 19.6 Å². The molecule has 2 rings (SSSR count). The molecule has 0 unspecified atom stereocenters. The number of rotatable bonds is 8. The minimum atomic E-state index is -0.271. The average Bonchev–Trinajstić information content (AvgIpc) is 2.65. The predicted octanol–water partition coefficient (Wildman–Crippen LogP) is 3.82. The van der Waals surface area contributed by atoms with Crippen LogP contribution in [0.2, 0.25) is 0 Å². The molecule has 2 aromatic rings. The van der Waals surface area contributed by atoms with E-state index in [0.717, 1.165) is 11.3 Å². The van der Waals surface area contributed by atoms with Crippen molar-refractivity contribution in [1.29, 1.82) is 0 Å². The summed E-state index contributed by atoms with van der Waals surface area (Å²) in [5.41, 5.74) is 2.55. The molecule has 1 amide bonds. The van der Waals surface area contributed by atoms with Crippen LogP contribution in [0.3, 0.4) is 0 Å². The van der Waals surface area contributed by atoms with Gasteiger partial charge in [0, 0.05) is 11.3 Å². The summed E-state index contributed by atoms with van der Waals surface area (Å²) in [5.74, 6) is 1.35. The fourth-order valence-corrected chi connectivity index (χ4v) is 2.43. The van der Waals surface area contributed by atoms with Crippen molar-refractivity contribution >= 4 is 17.8 Å². The third-order valence-corrected chi connectivity index (χ3v) is 3.76. The summed E-state index contributed by atoms with van der Waals surface area (Å²) in [6.45, 7) is 3.97. The van der Waals surface area contributed by atoms with Gasteiger partial charge in [-0.1, -0.05) is 37.2 Å². The molecule has 0 aliphatic heterocycles. The molecule has 0 fully saturated rings. The van der Waals surface area contributed by atoms with E-state index in [1.807, 2.05) is 24.3 Å². The number of para-hydroxylation sites is 1. The normalized spacial score (nSPS) is 10.8. The first kappa shape index (κ1) is 19.3. The highest BCUT2D eigenvalue weighted by atomic mass is 16.6. The molecule has 6 heteroatoms. The SMILES string of the molecule is COc1ccc(OC)c(/C=N\OCC(=O)Nc2ccccc2C(C)C)c1. The molecule has 2 aromatic carbocycles. The molecule has 26 heavy (non-hydrogen) atoms. The Hall–Kier alpha value is -3.02. The maximum absolute atomic E-state index is 12.1. The van der Waals surface area contributed by atoms with Gasteiger partial charge in [0.05, 0.1) is 20.4 Å². The first-order valence-corrected chi connectivity index (χ1v) is 8.31. The van der Waals surface area contributed by atoms with Crippen LogP contribution < -0.4 is 14.8 Å². The monoisotopic (exact) mass is 356 g/mol. The van der Waals surface area contributed by atoms with Crippen LogP contribution in [-0.2, 0) is 9.63 Å². The van der Waals surface area contributed by atoms with Crippen molar-refractivity contribution in [1.82, 2.24) is 0 Å². The number of amides is 1. The molecule has 0 heterocycles. The number of methoxy groups -OCH3 is 2. The first-order valence-electron chi connectivity index (χ1n) is 8.31. The van der Waals surface area contributed by atoms with E-state index < -0.39 is 0 Å². The number of benzene rings is 2. The molecule has 6 nitrogen and oxygen atoms in total. The Balaban J connectivity index is 1.94. The molecule has 0 bridgehead atoms. The molecule has 138 valence electrons. The Kier molecular flexibility index (Phi) is 7.02. The molecule has 0 saturated heterocycles. The van der Waals surface area contributed by atoms with E-state index in [1.54, 1.807) is 32.4 Å². The van der Waals surface area contributed by atoms with E-state index >= 15 is 0 Å². The van der Waals surface area contributed by atoms with Crippen LogP contribution in [0.15, 0.2) is 47.6 Å². The van der Waals surface area contributed by atoms with E-state index in [-0.39, 0.29) is 12.5 Å². The summed E-state index contributed by atoms with van der Waals surface area (Å²) in [7, 11) is 3.15. The molecular weight excluding hydrogens is 332 g/mol. The third kappa shape index (κ3) is 5.24. The van der Waals surface area contributed by atoms with Crippen molar-refractivity contribution < 1.29 is 19.1 Å². The summed E-state index contributed by atoms with van der Waals surface area (Å²) in [5, 5.41) is 6.69. The lowest BCUT2D eigenvalue weighted by Gasteiger charge is -2.13. The third-order valence-electron chi connectivity index (χ3n) is 3.76. The van der Waals surface area contributed by atoms with E-state index in [9.17, 15) is 4.79 Å². The van der Waals surface area contributed by atoms with Gasteiger partial charge in [0.2, 0.25) is 0 Å². The molecular formula is C20H24N2O4. The minimum absolute atomic E-state index is 0.185. The second-order valence-corrected chi connectivity index (χ2v) is 5.91. The Bertz CT molecular complexity index is 772. The van der Waals surface area contributed by atoms with Crippen molar-refractivity contribution in [2.24, 2.45) is 5.16 Å². The predicted molar refractivity (Wildman–Crippen MR) is 102 cm³/mol. The van der Waals surface area contributed by atoms with Crippen LogP contribution >= 0.6 is 0 Å². The molecule has 0 aliphatic carbocycles. The Morgan fingerprint density at radius 1 is 1.15 bits per heavy atom. The number of ether oxygens (including phenoxy) is 2. The van der Waals surface area contributed by atoms with Gasteiger partial charge in [0.1, 0.15) is 11.5 Å². The Morgan fingerprint density at radius 3 is 2.62 bits per heavy atom. The largest absolute Gasteiger partial charge is 0.497 e. The van der Waals surface area contributed by atoms with Crippen molar-refractivity contribution in [3.05, 3.63) is 53.6 Å². The van der Waals surface area contributed by atoms with Gasteiger partial charge >= 0.3 is 0 Å². The molecule has 0 atom stereocenters. The van der Waals surface area contributed by atoms with Crippen LogP contribution in [0, 0.1) is 0 Å². The van der Waals surface area contributed by atoms with Crippen molar-refractivity contribution in [3.63, 3.8) is 0 Å². The Morgan fingerprint density at radius 2 is 1.92 bits per heavy atom. The van der Waals surface area contributed by atoms with Crippen molar-refractivity contribution in [2.45, 2.75) is 19.8 Å². The highest BCUT2D eigenvalue weighted by molar-refractivity contribution is 5.92. The highest BCUT2D eigenvalue weighted by Crippen LogP contribution is 2.24. The number of anilines is 1. The molecule has 1 N–H and O–H groups in total. The van der Waals surface area contributed by atoms with E-state index in [0.29, 0.717) is 23.0 Å². The molecule has 0 aromatic heterocycles. The lowest BCUT2D eigenvalue weighted by molar-refractivity contribution is -0.120. The van der Waals surface area contributed by atoms with Crippen molar-refractivity contribution in [3.8, 4) is 11.5 Å². The second-order valence-electron chi connectivity index (χ2n) is 5.91. The zero-order chi connectivity index (χ0) is 18.9. The van der Waals surface area contributed by atoms with Crippen LogP contribution in [0.4, 0.5) is 5.69 Å². The highest BCUT2D eigenvalue weighted by Gasteiger charge is 2.09. The van der Waals surface area contributed by atoms with Crippen LogP contribution in [0.5, 0.6) is 11.5 Å². The zero-order valence-corrected chi connectivity index (χ0v) is 15.5. The quantitative estimate of drug-likeness (QED) is 0.577. The number of hydrogen-bond acceptors (Lipinski definition) is 5. The molecule has 0 spiro atoms. The van der Waals surface area contributed by atoms with Gasteiger partial charge in [-0.15, -0.1) is 0 Å².